The van der Waals surface area contributed by atoms with Gasteiger partial charge in [0.1, 0.15) is 0 Å². The standard InChI is InChI=1S/C15H18IN3O/c1-2-14(11-17)18-7-9-19(10-8-18)15(20)12-3-5-13(16)6-4-12/h3-6,14H,2,7-10H2,1H3. The third kappa shape index (κ3) is 3.49. The molecule has 1 atom stereocenters. The van der Waals surface area contributed by atoms with Crippen LogP contribution in [0.25, 0.3) is 0 Å². The van der Waals surface area contributed by atoms with Gasteiger partial charge in [-0.15, -0.1) is 0 Å². The number of nitriles is 1. The highest BCUT2D eigenvalue weighted by Crippen LogP contribution is 2.13. The summed E-state index contributed by atoms with van der Waals surface area (Å²) in [5, 5.41) is 9.08. The maximum Gasteiger partial charge on any atom is 0.253 e. The average Bonchev–Trinajstić information content (AvgIpc) is 2.49. The fourth-order valence-electron chi connectivity index (χ4n) is 2.44. The predicted octanol–water partition coefficient (Wildman–Crippen LogP) is 2.35. The zero-order valence-corrected chi connectivity index (χ0v) is 13.7. The lowest BCUT2D eigenvalue weighted by Crippen LogP contribution is -2.51. The highest BCUT2D eigenvalue weighted by Gasteiger charge is 2.25. The fraction of sp³-hybridized carbons (Fsp3) is 0.467. The minimum absolute atomic E-state index is 0.0226. The topological polar surface area (TPSA) is 47.3 Å². The minimum Gasteiger partial charge on any atom is -0.336 e. The second-order valence-corrected chi connectivity index (χ2v) is 6.13. The molecule has 0 radical (unpaired) electrons. The van der Waals surface area contributed by atoms with Gasteiger partial charge in [-0.25, -0.2) is 0 Å². The predicted molar refractivity (Wildman–Crippen MR) is 86.3 cm³/mol. The van der Waals surface area contributed by atoms with E-state index in [1.54, 1.807) is 0 Å². The number of amides is 1. The van der Waals surface area contributed by atoms with E-state index in [9.17, 15) is 4.79 Å². The molecule has 1 aliphatic heterocycles. The Morgan fingerprint density at radius 3 is 2.40 bits per heavy atom. The van der Waals surface area contributed by atoms with Gasteiger partial charge in [0.05, 0.1) is 12.1 Å². The molecule has 20 heavy (non-hydrogen) atoms. The summed E-state index contributed by atoms with van der Waals surface area (Å²) in [6, 6.07) is 9.96. The molecule has 2 rings (SSSR count). The molecular weight excluding hydrogens is 365 g/mol. The molecule has 1 aromatic carbocycles. The molecule has 1 fully saturated rings. The Morgan fingerprint density at radius 1 is 1.30 bits per heavy atom. The van der Waals surface area contributed by atoms with Crippen molar-refractivity contribution >= 4 is 28.5 Å². The van der Waals surface area contributed by atoms with Crippen LogP contribution in [0.15, 0.2) is 24.3 Å². The van der Waals surface area contributed by atoms with Gasteiger partial charge in [-0.05, 0) is 53.3 Å². The molecule has 106 valence electrons. The monoisotopic (exact) mass is 383 g/mol. The SMILES string of the molecule is CCC(C#N)N1CCN(C(=O)c2ccc(I)cc2)CC1. The summed E-state index contributed by atoms with van der Waals surface area (Å²) in [4.78, 5) is 16.4. The van der Waals surface area contributed by atoms with Crippen LogP contribution in [0.3, 0.4) is 0 Å². The second kappa shape index (κ2) is 7.04. The average molecular weight is 383 g/mol. The van der Waals surface area contributed by atoms with Gasteiger partial charge >= 0.3 is 0 Å². The number of carbonyl (C=O) groups excluding carboxylic acids is 1. The van der Waals surface area contributed by atoms with Crippen LogP contribution in [0.1, 0.15) is 23.7 Å². The molecule has 0 aromatic heterocycles. The molecule has 1 heterocycles. The number of piperazine rings is 1. The van der Waals surface area contributed by atoms with Crippen molar-refractivity contribution in [2.75, 3.05) is 26.2 Å². The van der Waals surface area contributed by atoms with Crippen LogP contribution in [-0.2, 0) is 0 Å². The number of hydrogen-bond donors (Lipinski definition) is 0. The number of halogens is 1. The van der Waals surface area contributed by atoms with Crippen LogP contribution in [0, 0.1) is 14.9 Å². The molecule has 0 bridgehead atoms. The van der Waals surface area contributed by atoms with E-state index < -0.39 is 0 Å². The Hall–Kier alpha value is -1.13. The zero-order chi connectivity index (χ0) is 14.5. The minimum atomic E-state index is -0.0226. The molecule has 1 amide bonds. The molecule has 0 N–H and O–H groups in total. The van der Waals surface area contributed by atoms with Crippen molar-refractivity contribution in [1.29, 1.82) is 5.26 Å². The smallest absolute Gasteiger partial charge is 0.253 e. The maximum atomic E-state index is 12.4. The second-order valence-electron chi connectivity index (χ2n) is 4.89. The largest absolute Gasteiger partial charge is 0.336 e. The van der Waals surface area contributed by atoms with Crippen LogP contribution >= 0.6 is 22.6 Å². The number of carbonyl (C=O) groups is 1. The normalized spacial score (nSPS) is 17.6. The quantitative estimate of drug-likeness (QED) is 0.753. The molecule has 4 nitrogen and oxygen atoms in total. The van der Waals surface area contributed by atoms with Gasteiger partial charge in [0.15, 0.2) is 0 Å². The summed E-state index contributed by atoms with van der Waals surface area (Å²) in [5.41, 5.74) is 0.742. The van der Waals surface area contributed by atoms with Crippen molar-refractivity contribution in [2.24, 2.45) is 0 Å². The molecule has 0 spiro atoms. The van der Waals surface area contributed by atoms with Crippen LogP contribution in [0.4, 0.5) is 0 Å². The molecule has 1 aliphatic rings. The third-order valence-corrected chi connectivity index (χ3v) is 4.39. The number of benzene rings is 1. The van der Waals surface area contributed by atoms with Crippen molar-refractivity contribution in [3.8, 4) is 6.07 Å². The van der Waals surface area contributed by atoms with Crippen molar-refractivity contribution < 1.29 is 4.79 Å². The first-order valence-corrected chi connectivity index (χ1v) is 7.92. The Balaban J connectivity index is 1.95. The number of nitrogens with zero attached hydrogens (tertiary/aromatic N) is 3. The highest BCUT2D eigenvalue weighted by molar-refractivity contribution is 14.1. The van der Waals surface area contributed by atoms with Crippen molar-refractivity contribution in [3.63, 3.8) is 0 Å². The van der Waals surface area contributed by atoms with Gasteiger partial charge in [0.25, 0.3) is 5.91 Å². The Labute approximate surface area is 133 Å². The third-order valence-electron chi connectivity index (χ3n) is 3.67. The van der Waals surface area contributed by atoms with E-state index in [-0.39, 0.29) is 11.9 Å². The summed E-state index contributed by atoms with van der Waals surface area (Å²) in [6.45, 7) is 4.98. The van der Waals surface area contributed by atoms with E-state index in [4.69, 9.17) is 5.26 Å². The van der Waals surface area contributed by atoms with Gasteiger partial charge in [0, 0.05) is 35.3 Å². The fourth-order valence-corrected chi connectivity index (χ4v) is 2.80. The van der Waals surface area contributed by atoms with E-state index in [0.717, 1.165) is 28.6 Å². The summed E-state index contributed by atoms with van der Waals surface area (Å²) < 4.78 is 1.13. The molecule has 0 aliphatic carbocycles. The molecule has 1 aromatic rings. The Kier molecular flexibility index (Phi) is 5.38. The van der Waals surface area contributed by atoms with Gasteiger partial charge in [-0.2, -0.15) is 5.26 Å². The lowest BCUT2D eigenvalue weighted by Gasteiger charge is -2.36. The first kappa shape index (κ1) is 15.3. The van der Waals surface area contributed by atoms with Gasteiger partial charge in [-0.3, -0.25) is 9.69 Å². The van der Waals surface area contributed by atoms with Crippen molar-refractivity contribution in [2.45, 2.75) is 19.4 Å². The summed E-state index contributed by atoms with van der Waals surface area (Å²) in [6.07, 6.45) is 0.835. The Bertz CT molecular complexity index is 501. The molecule has 1 saturated heterocycles. The van der Waals surface area contributed by atoms with Gasteiger partial charge < -0.3 is 4.90 Å². The molecule has 0 saturated carbocycles. The van der Waals surface area contributed by atoms with E-state index in [1.165, 1.54) is 0 Å². The van der Waals surface area contributed by atoms with Gasteiger partial charge in [0.2, 0.25) is 0 Å². The molecule has 5 heteroatoms. The van der Waals surface area contributed by atoms with E-state index in [2.05, 4.69) is 33.6 Å². The van der Waals surface area contributed by atoms with Crippen LogP contribution < -0.4 is 0 Å². The first-order chi connectivity index (χ1) is 9.65. The summed E-state index contributed by atoms with van der Waals surface area (Å²) in [7, 11) is 0. The Morgan fingerprint density at radius 2 is 1.90 bits per heavy atom. The molecule has 1 unspecified atom stereocenters. The summed E-state index contributed by atoms with van der Waals surface area (Å²) >= 11 is 2.23. The van der Waals surface area contributed by atoms with Crippen LogP contribution in [0.2, 0.25) is 0 Å². The maximum absolute atomic E-state index is 12.4. The van der Waals surface area contributed by atoms with Crippen LogP contribution in [0.5, 0.6) is 0 Å². The lowest BCUT2D eigenvalue weighted by atomic mass is 10.1. The lowest BCUT2D eigenvalue weighted by molar-refractivity contribution is 0.0604. The number of hydrogen-bond acceptors (Lipinski definition) is 3. The van der Waals surface area contributed by atoms with E-state index in [1.807, 2.05) is 36.1 Å². The zero-order valence-electron chi connectivity index (χ0n) is 11.6. The highest BCUT2D eigenvalue weighted by atomic mass is 127. The van der Waals surface area contributed by atoms with Gasteiger partial charge in [-0.1, -0.05) is 6.92 Å². The number of rotatable bonds is 3. The summed E-state index contributed by atoms with van der Waals surface area (Å²) in [5.74, 6) is 0.0889. The van der Waals surface area contributed by atoms with Crippen LogP contribution in [-0.4, -0.2) is 47.9 Å². The van der Waals surface area contributed by atoms with Crippen molar-refractivity contribution in [3.05, 3.63) is 33.4 Å². The van der Waals surface area contributed by atoms with E-state index >= 15 is 0 Å². The van der Waals surface area contributed by atoms with Crippen molar-refractivity contribution in [1.82, 2.24) is 9.80 Å². The molecular formula is C15H18IN3O. The van der Waals surface area contributed by atoms with E-state index in [0.29, 0.717) is 13.1 Å². The first-order valence-electron chi connectivity index (χ1n) is 6.84.